The molecule has 1 saturated heterocycles. The quantitative estimate of drug-likeness (QED) is 0.583. The second kappa shape index (κ2) is 7.45. The van der Waals surface area contributed by atoms with Gasteiger partial charge in [0, 0.05) is 18.2 Å². The van der Waals surface area contributed by atoms with Crippen molar-refractivity contribution < 1.29 is 14.6 Å². The van der Waals surface area contributed by atoms with Gasteiger partial charge >= 0.3 is 5.97 Å². The van der Waals surface area contributed by atoms with Crippen LogP contribution >= 0.6 is 0 Å². The fraction of sp³-hybridized carbons (Fsp3) is 0.769. The maximum absolute atomic E-state index is 11.5. The first-order valence-electron chi connectivity index (χ1n) is 6.38. The van der Waals surface area contributed by atoms with E-state index in [2.05, 4.69) is 11.5 Å². The molecule has 17 heavy (non-hydrogen) atoms. The van der Waals surface area contributed by atoms with Crippen molar-refractivity contribution in [1.29, 1.82) is 0 Å². The lowest BCUT2D eigenvalue weighted by atomic mass is 10.1. The van der Waals surface area contributed by atoms with Crippen LogP contribution in [-0.4, -0.2) is 48.3 Å². The van der Waals surface area contributed by atoms with Gasteiger partial charge < -0.3 is 9.84 Å². The highest BCUT2D eigenvalue weighted by molar-refractivity contribution is 5.88. The average Bonchev–Trinajstić information content (AvgIpc) is 2.54. The number of esters is 1. The standard InChI is InChI=1S/C13H23NO3/c1-3-17-13(16)11(2)9-14-8-6-4-5-7-12(14)10-15/h12,15H,2-10H2,1H3. The van der Waals surface area contributed by atoms with Crippen molar-refractivity contribution in [2.45, 2.75) is 38.6 Å². The number of nitrogens with zero attached hydrogens (tertiary/aromatic N) is 1. The van der Waals surface area contributed by atoms with Gasteiger partial charge in [0.2, 0.25) is 0 Å². The van der Waals surface area contributed by atoms with Gasteiger partial charge in [-0.2, -0.15) is 0 Å². The van der Waals surface area contributed by atoms with Crippen LogP contribution in [0.2, 0.25) is 0 Å². The van der Waals surface area contributed by atoms with E-state index in [1.54, 1.807) is 6.92 Å². The fourth-order valence-electron chi connectivity index (χ4n) is 2.19. The van der Waals surface area contributed by atoms with Gasteiger partial charge in [0.25, 0.3) is 0 Å². The molecule has 1 unspecified atom stereocenters. The van der Waals surface area contributed by atoms with E-state index in [-0.39, 0.29) is 18.6 Å². The summed E-state index contributed by atoms with van der Waals surface area (Å²) in [5.74, 6) is -0.326. The number of aliphatic hydroxyl groups excluding tert-OH is 1. The van der Waals surface area contributed by atoms with Crippen LogP contribution in [0.4, 0.5) is 0 Å². The molecule has 1 fully saturated rings. The van der Waals surface area contributed by atoms with E-state index in [0.717, 1.165) is 25.8 Å². The molecule has 1 aliphatic rings. The fourth-order valence-corrected chi connectivity index (χ4v) is 2.19. The number of ether oxygens (including phenoxy) is 1. The molecule has 1 atom stereocenters. The molecule has 0 amide bonds. The molecule has 1 rings (SSSR count). The zero-order valence-corrected chi connectivity index (χ0v) is 10.7. The topological polar surface area (TPSA) is 49.8 Å². The Morgan fingerprint density at radius 2 is 2.24 bits per heavy atom. The van der Waals surface area contributed by atoms with Gasteiger partial charge in [0.05, 0.1) is 13.2 Å². The van der Waals surface area contributed by atoms with Gasteiger partial charge in [-0.3, -0.25) is 4.90 Å². The summed E-state index contributed by atoms with van der Waals surface area (Å²) in [6.07, 6.45) is 4.45. The number of hydrogen-bond donors (Lipinski definition) is 1. The zero-order valence-electron chi connectivity index (χ0n) is 10.7. The number of rotatable bonds is 5. The van der Waals surface area contributed by atoms with Gasteiger partial charge in [-0.05, 0) is 26.3 Å². The first kappa shape index (κ1) is 14.2. The summed E-state index contributed by atoms with van der Waals surface area (Å²) >= 11 is 0. The third-order valence-corrected chi connectivity index (χ3v) is 3.17. The van der Waals surface area contributed by atoms with Crippen molar-refractivity contribution in [3.63, 3.8) is 0 Å². The first-order chi connectivity index (χ1) is 8.19. The Bertz CT molecular complexity index is 265. The molecule has 0 aromatic rings. The summed E-state index contributed by atoms with van der Waals surface area (Å²) in [4.78, 5) is 13.6. The first-order valence-corrected chi connectivity index (χ1v) is 6.38. The molecule has 0 aliphatic carbocycles. The van der Waals surface area contributed by atoms with Crippen LogP contribution < -0.4 is 0 Å². The van der Waals surface area contributed by atoms with Crippen LogP contribution in [0.5, 0.6) is 0 Å². The van der Waals surface area contributed by atoms with Gasteiger partial charge in [0.15, 0.2) is 0 Å². The van der Waals surface area contributed by atoms with E-state index in [1.807, 2.05) is 0 Å². The Hall–Kier alpha value is -0.870. The third-order valence-electron chi connectivity index (χ3n) is 3.17. The number of carbonyl (C=O) groups excluding carboxylic acids is 1. The largest absolute Gasteiger partial charge is 0.463 e. The predicted octanol–water partition coefficient (Wildman–Crippen LogP) is 1.34. The molecular formula is C13H23NO3. The minimum absolute atomic E-state index is 0.149. The SMILES string of the molecule is C=C(CN1CCCCCC1CO)C(=O)OCC. The van der Waals surface area contributed by atoms with Crippen LogP contribution in [-0.2, 0) is 9.53 Å². The minimum Gasteiger partial charge on any atom is -0.463 e. The minimum atomic E-state index is -0.326. The summed E-state index contributed by atoms with van der Waals surface area (Å²) < 4.78 is 4.92. The summed E-state index contributed by atoms with van der Waals surface area (Å²) in [6.45, 7) is 7.50. The molecule has 0 radical (unpaired) electrons. The van der Waals surface area contributed by atoms with Gasteiger partial charge in [0.1, 0.15) is 0 Å². The molecule has 4 nitrogen and oxygen atoms in total. The summed E-state index contributed by atoms with van der Waals surface area (Å²) in [6, 6.07) is 0.156. The molecule has 0 bridgehead atoms. The molecule has 0 saturated carbocycles. The van der Waals surface area contributed by atoms with Gasteiger partial charge in [-0.25, -0.2) is 4.79 Å². The van der Waals surface area contributed by atoms with Crippen molar-refractivity contribution in [2.24, 2.45) is 0 Å². The van der Waals surface area contributed by atoms with E-state index in [4.69, 9.17) is 4.74 Å². The summed E-state index contributed by atoms with van der Waals surface area (Å²) in [5, 5.41) is 9.35. The van der Waals surface area contributed by atoms with E-state index < -0.39 is 0 Å². The molecule has 98 valence electrons. The van der Waals surface area contributed by atoms with Crippen molar-refractivity contribution in [3.8, 4) is 0 Å². The maximum atomic E-state index is 11.5. The van der Waals surface area contributed by atoms with E-state index in [9.17, 15) is 9.90 Å². The highest BCUT2D eigenvalue weighted by Crippen LogP contribution is 2.17. The Balaban J connectivity index is 2.51. The van der Waals surface area contributed by atoms with Crippen molar-refractivity contribution in [1.82, 2.24) is 4.90 Å². The molecule has 1 aliphatic heterocycles. The van der Waals surface area contributed by atoms with E-state index in [0.29, 0.717) is 18.7 Å². The van der Waals surface area contributed by atoms with Crippen LogP contribution in [0.15, 0.2) is 12.2 Å². The number of likely N-dealkylation sites (tertiary alicyclic amines) is 1. The van der Waals surface area contributed by atoms with Crippen LogP contribution in [0.3, 0.4) is 0 Å². The molecular weight excluding hydrogens is 218 g/mol. The smallest absolute Gasteiger partial charge is 0.334 e. The van der Waals surface area contributed by atoms with Crippen molar-refractivity contribution in [2.75, 3.05) is 26.3 Å². The summed E-state index contributed by atoms with van der Waals surface area (Å²) in [7, 11) is 0. The Morgan fingerprint density at radius 1 is 1.47 bits per heavy atom. The maximum Gasteiger partial charge on any atom is 0.334 e. The van der Waals surface area contributed by atoms with E-state index in [1.165, 1.54) is 6.42 Å². The average molecular weight is 241 g/mol. The van der Waals surface area contributed by atoms with E-state index >= 15 is 0 Å². The Kier molecular flexibility index (Phi) is 6.22. The highest BCUT2D eigenvalue weighted by Gasteiger charge is 2.22. The number of aliphatic hydroxyl groups is 1. The number of hydrogen-bond acceptors (Lipinski definition) is 4. The Morgan fingerprint density at radius 3 is 2.88 bits per heavy atom. The summed E-state index contributed by atoms with van der Waals surface area (Å²) in [5.41, 5.74) is 0.479. The van der Waals surface area contributed by atoms with Crippen LogP contribution in [0.25, 0.3) is 0 Å². The molecule has 1 N–H and O–H groups in total. The number of carbonyl (C=O) groups is 1. The predicted molar refractivity (Wildman–Crippen MR) is 66.7 cm³/mol. The van der Waals surface area contributed by atoms with Crippen molar-refractivity contribution in [3.05, 3.63) is 12.2 Å². The molecule has 0 aromatic carbocycles. The van der Waals surface area contributed by atoms with Gasteiger partial charge in [-0.1, -0.05) is 19.4 Å². The lowest BCUT2D eigenvalue weighted by Crippen LogP contribution is -2.39. The van der Waals surface area contributed by atoms with Crippen molar-refractivity contribution >= 4 is 5.97 Å². The molecule has 0 aromatic heterocycles. The normalized spacial score (nSPS) is 21.9. The highest BCUT2D eigenvalue weighted by atomic mass is 16.5. The third kappa shape index (κ3) is 4.48. The molecule has 0 spiro atoms. The Labute approximate surface area is 103 Å². The monoisotopic (exact) mass is 241 g/mol. The second-order valence-electron chi connectivity index (χ2n) is 4.48. The van der Waals surface area contributed by atoms with Crippen LogP contribution in [0.1, 0.15) is 32.6 Å². The lowest BCUT2D eigenvalue weighted by Gasteiger charge is -2.28. The lowest BCUT2D eigenvalue weighted by molar-refractivity contribution is -0.138. The van der Waals surface area contributed by atoms with Gasteiger partial charge in [-0.15, -0.1) is 0 Å². The molecule has 1 heterocycles. The van der Waals surface area contributed by atoms with Crippen LogP contribution in [0, 0.1) is 0 Å². The zero-order chi connectivity index (χ0) is 12.7. The second-order valence-corrected chi connectivity index (χ2v) is 4.48. The molecule has 4 heteroatoms.